The Kier molecular flexibility index (Phi) is 7.84. The van der Waals surface area contributed by atoms with E-state index < -0.39 is 10.0 Å². The predicted octanol–water partition coefficient (Wildman–Crippen LogP) is 2.79. The van der Waals surface area contributed by atoms with Gasteiger partial charge in [0.05, 0.1) is 11.4 Å². The number of carbonyl (C=O) groups excluding carboxylic acids is 2. The lowest BCUT2D eigenvalue weighted by molar-refractivity contribution is -0.128. The fourth-order valence-corrected chi connectivity index (χ4v) is 5.77. The van der Waals surface area contributed by atoms with Crippen molar-refractivity contribution in [1.29, 1.82) is 0 Å². The lowest BCUT2D eigenvalue weighted by Gasteiger charge is -2.25. The van der Waals surface area contributed by atoms with Crippen LogP contribution in [0.5, 0.6) is 5.75 Å². The van der Waals surface area contributed by atoms with Crippen molar-refractivity contribution >= 4 is 21.8 Å². The van der Waals surface area contributed by atoms with Gasteiger partial charge in [0, 0.05) is 38.2 Å². The van der Waals surface area contributed by atoms with Crippen molar-refractivity contribution in [3.8, 4) is 5.75 Å². The second-order valence-corrected chi connectivity index (χ2v) is 10.6. The summed E-state index contributed by atoms with van der Waals surface area (Å²) in [5.41, 5.74) is 1.55. The molecule has 2 amide bonds. The van der Waals surface area contributed by atoms with Crippen LogP contribution in [0.25, 0.3) is 0 Å². The number of rotatable bonds is 9. The molecule has 9 heteroatoms. The third-order valence-electron chi connectivity index (χ3n) is 6.19. The van der Waals surface area contributed by atoms with Crippen LogP contribution in [0.1, 0.15) is 48.0 Å². The Balaban J connectivity index is 1.21. The van der Waals surface area contributed by atoms with Crippen molar-refractivity contribution in [1.82, 2.24) is 14.5 Å². The van der Waals surface area contributed by atoms with Gasteiger partial charge in [0.15, 0.2) is 0 Å². The SMILES string of the molecule is O=C(NCCOc1ccc(S(=O)(=O)N2CCCCC2)cc1)c1ccc(CN2CCCC2=O)cc1. The fourth-order valence-electron chi connectivity index (χ4n) is 4.25. The molecule has 2 aromatic carbocycles. The van der Waals surface area contributed by atoms with Crippen LogP contribution in [-0.2, 0) is 21.4 Å². The van der Waals surface area contributed by atoms with Crippen LogP contribution in [0.3, 0.4) is 0 Å². The maximum Gasteiger partial charge on any atom is 0.251 e. The minimum Gasteiger partial charge on any atom is -0.492 e. The molecular formula is C25H31N3O5S. The van der Waals surface area contributed by atoms with Gasteiger partial charge in [-0.25, -0.2) is 8.42 Å². The standard InChI is InChI=1S/C25H31N3O5S/c29-24-5-4-15-27(24)19-20-6-8-21(9-7-20)25(30)26-14-18-33-22-10-12-23(13-11-22)34(31,32)28-16-2-1-3-17-28/h6-13H,1-5,14-19H2,(H,26,30). The van der Waals surface area contributed by atoms with E-state index >= 15 is 0 Å². The second-order valence-electron chi connectivity index (χ2n) is 8.66. The van der Waals surface area contributed by atoms with E-state index in [2.05, 4.69) is 5.32 Å². The van der Waals surface area contributed by atoms with Gasteiger partial charge >= 0.3 is 0 Å². The first-order chi connectivity index (χ1) is 16.4. The monoisotopic (exact) mass is 485 g/mol. The van der Waals surface area contributed by atoms with Crippen LogP contribution < -0.4 is 10.1 Å². The molecule has 2 heterocycles. The Morgan fingerprint density at radius 3 is 2.26 bits per heavy atom. The highest BCUT2D eigenvalue weighted by Gasteiger charge is 2.25. The van der Waals surface area contributed by atoms with Crippen LogP contribution in [-0.4, -0.2) is 62.2 Å². The van der Waals surface area contributed by atoms with Crippen LogP contribution >= 0.6 is 0 Å². The topological polar surface area (TPSA) is 96.0 Å². The molecule has 0 spiro atoms. The number of nitrogens with one attached hydrogen (secondary N) is 1. The normalized spacial score (nSPS) is 17.1. The summed E-state index contributed by atoms with van der Waals surface area (Å²) in [6, 6.07) is 13.7. The van der Waals surface area contributed by atoms with E-state index in [1.54, 1.807) is 40.7 Å². The molecule has 0 saturated carbocycles. The highest BCUT2D eigenvalue weighted by atomic mass is 32.2. The Bertz CT molecular complexity index is 1090. The second kappa shape index (κ2) is 11.0. The highest BCUT2D eigenvalue weighted by molar-refractivity contribution is 7.89. The first kappa shape index (κ1) is 24.2. The Morgan fingerprint density at radius 2 is 1.62 bits per heavy atom. The molecule has 2 aliphatic heterocycles. The zero-order chi connectivity index (χ0) is 24.0. The predicted molar refractivity (Wildman–Crippen MR) is 128 cm³/mol. The molecule has 1 N–H and O–H groups in total. The number of amides is 2. The zero-order valence-corrected chi connectivity index (χ0v) is 20.1. The number of carbonyl (C=O) groups is 2. The maximum absolute atomic E-state index is 12.7. The number of hydrogen-bond donors (Lipinski definition) is 1. The van der Waals surface area contributed by atoms with Gasteiger partial charge in [-0.2, -0.15) is 4.31 Å². The van der Waals surface area contributed by atoms with Crippen LogP contribution in [0.2, 0.25) is 0 Å². The molecule has 0 atom stereocenters. The van der Waals surface area contributed by atoms with E-state index in [-0.39, 0.29) is 23.3 Å². The van der Waals surface area contributed by atoms with Gasteiger partial charge < -0.3 is 15.0 Å². The Morgan fingerprint density at radius 1 is 0.912 bits per heavy atom. The number of ether oxygens (including phenoxy) is 1. The molecule has 0 aromatic heterocycles. The fraction of sp³-hybridized carbons (Fsp3) is 0.440. The molecular weight excluding hydrogens is 454 g/mol. The van der Waals surface area contributed by atoms with E-state index in [4.69, 9.17) is 4.74 Å². The molecule has 2 saturated heterocycles. The molecule has 0 aliphatic carbocycles. The molecule has 0 bridgehead atoms. The number of piperidine rings is 1. The van der Waals surface area contributed by atoms with Crippen molar-refractivity contribution in [3.63, 3.8) is 0 Å². The molecule has 182 valence electrons. The zero-order valence-electron chi connectivity index (χ0n) is 19.2. The summed E-state index contributed by atoms with van der Waals surface area (Å²) in [4.78, 5) is 26.2. The molecule has 0 radical (unpaired) electrons. The number of likely N-dealkylation sites (tertiary alicyclic amines) is 1. The third-order valence-corrected chi connectivity index (χ3v) is 8.11. The van der Waals surface area contributed by atoms with E-state index in [0.717, 1.165) is 37.8 Å². The van der Waals surface area contributed by atoms with Gasteiger partial charge in [-0.15, -0.1) is 0 Å². The molecule has 8 nitrogen and oxygen atoms in total. The molecule has 2 aliphatic rings. The molecule has 2 aromatic rings. The van der Waals surface area contributed by atoms with Gasteiger partial charge in [0.2, 0.25) is 15.9 Å². The van der Waals surface area contributed by atoms with Crippen molar-refractivity contribution in [2.24, 2.45) is 0 Å². The summed E-state index contributed by atoms with van der Waals surface area (Å²) in [5.74, 6) is 0.531. The van der Waals surface area contributed by atoms with E-state index in [1.165, 1.54) is 0 Å². The number of hydrogen-bond acceptors (Lipinski definition) is 5. The highest BCUT2D eigenvalue weighted by Crippen LogP contribution is 2.22. The minimum atomic E-state index is -3.46. The van der Waals surface area contributed by atoms with Gasteiger partial charge in [-0.05, 0) is 61.2 Å². The lowest BCUT2D eigenvalue weighted by Crippen LogP contribution is -2.35. The molecule has 2 fully saturated rings. The summed E-state index contributed by atoms with van der Waals surface area (Å²) in [6.07, 6.45) is 4.39. The summed E-state index contributed by atoms with van der Waals surface area (Å²) < 4.78 is 32.6. The smallest absolute Gasteiger partial charge is 0.251 e. The van der Waals surface area contributed by atoms with Crippen molar-refractivity contribution in [3.05, 3.63) is 59.7 Å². The largest absolute Gasteiger partial charge is 0.492 e. The van der Waals surface area contributed by atoms with Gasteiger partial charge in [0.25, 0.3) is 5.91 Å². The van der Waals surface area contributed by atoms with Crippen LogP contribution in [0.4, 0.5) is 0 Å². The first-order valence-electron chi connectivity index (χ1n) is 11.8. The van der Waals surface area contributed by atoms with Crippen molar-refractivity contribution < 1.29 is 22.7 Å². The molecule has 0 unspecified atom stereocenters. The maximum atomic E-state index is 12.7. The van der Waals surface area contributed by atoms with E-state index in [0.29, 0.717) is 43.9 Å². The minimum absolute atomic E-state index is 0.181. The average Bonchev–Trinajstić information content (AvgIpc) is 3.27. The number of sulfonamides is 1. The summed E-state index contributed by atoms with van der Waals surface area (Å²) in [5, 5.41) is 2.82. The quantitative estimate of drug-likeness (QED) is 0.551. The average molecular weight is 486 g/mol. The van der Waals surface area contributed by atoms with E-state index in [1.807, 2.05) is 17.0 Å². The summed E-state index contributed by atoms with van der Waals surface area (Å²) in [7, 11) is -3.46. The lowest BCUT2D eigenvalue weighted by atomic mass is 10.1. The van der Waals surface area contributed by atoms with Crippen molar-refractivity contribution in [2.75, 3.05) is 32.8 Å². The molecule has 4 rings (SSSR count). The van der Waals surface area contributed by atoms with Gasteiger partial charge in [-0.3, -0.25) is 9.59 Å². The van der Waals surface area contributed by atoms with Gasteiger partial charge in [-0.1, -0.05) is 18.6 Å². The van der Waals surface area contributed by atoms with Crippen LogP contribution in [0, 0.1) is 0 Å². The molecule has 34 heavy (non-hydrogen) atoms. The summed E-state index contributed by atoms with van der Waals surface area (Å²) in [6.45, 7) is 3.09. The Hall–Kier alpha value is -2.91. The van der Waals surface area contributed by atoms with Crippen molar-refractivity contribution in [2.45, 2.75) is 43.5 Å². The van der Waals surface area contributed by atoms with Gasteiger partial charge in [0.1, 0.15) is 12.4 Å². The number of benzene rings is 2. The van der Waals surface area contributed by atoms with E-state index in [9.17, 15) is 18.0 Å². The Labute approximate surface area is 200 Å². The summed E-state index contributed by atoms with van der Waals surface area (Å²) >= 11 is 0. The number of nitrogens with zero attached hydrogens (tertiary/aromatic N) is 2. The van der Waals surface area contributed by atoms with Crippen LogP contribution in [0.15, 0.2) is 53.4 Å². The first-order valence-corrected chi connectivity index (χ1v) is 13.3. The third kappa shape index (κ3) is 5.95.